The monoisotopic (exact) mass is 433 g/mol. The number of aliphatic imine (C=N–C) groups is 1. The van der Waals surface area contributed by atoms with Gasteiger partial charge in [0.2, 0.25) is 5.90 Å². The van der Waals surface area contributed by atoms with Gasteiger partial charge in [0.05, 0.1) is 5.02 Å². The second-order valence-corrected chi connectivity index (χ2v) is 7.05. The van der Waals surface area contributed by atoms with Crippen LogP contribution < -0.4 is 15.4 Å². The number of amides is 1. The molecule has 0 radical (unpaired) electrons. The predicted molar refractivity (Wildman–Crippen MR) is 114 cm³/mol. The summed E-state index contributed by atoms with van der Waals surface area (Å²) in [6.45, 7) is 4.01. The molecule has 2 N–H and O–H groups in total. The zero-order valence-electron chi connectivity index (χ0n) is 15.4. The molecule has 0 saturated carbocycles. The van der Waals surface area contributed by atoms with Gasteiger partial charge in [-0.15, -0.1) is 0 Å². The van der Waals surface area contributed by atoms with Crippen LogP contribution in [-0.4, -0.2) is 18.3 Å². The number of nitrogens with two attached hydrogens (primary N) is 1. The normalized spacial score (nSPS) is 14.4. The highest BCUT2D eigenvalue weighted by atomic mass is 35.5. The number of carbonyl (C=O) groups excluding carboxylic acids is 1. The zero-order valence-corrected chi connectivity index (χ0v) is 16.9. The molecule has 1 aliphatic rings. The van der Waals surface area contributed by atoms with E-state index >= 15 is 0 Å². The Kier molecular flexibility index (Phi) is 6.56. The number of benzene rings is 2. The Morgan fingerprint density at radius 3 is 2.79 bits per heavy atom. The molecular weight excluding hydrogens is 416 g/mol. The van der Waals surface area contributed by atoms with Gasteiger partial charge >= 0.3 is 0 Å². The highest BCUT2D eigenvalue weighted by Gasteiger charge is 2.29. The summed E-state index contributed by atoms with van der Waals surface area (Å²) >= 11 is 12.2. The smallest absolute Gasteiger partial charge is 0.265 e. The maximum Gasteiger partial charge on any atom is 0.265 e. The average Bonchev–Trinajstić information content (AvgIpc) is 2.70. The Labute approximate surface area is 177 Å². The van der Waals surface area contributed by atoms with E-state index in [4.69, 9.17) is 33.7 Å². The third kappa shape index (κ3) is 4.60. The maximum atomic E-state index is 13.6. The minimum atomic E-state index is -0.432. The van der Waals surface area contributed by atoms with Crippen LogP contribution in [0, 0.1) is 5.82 Å². The summed E-state index contributed by atoms with van der Waals surface area (Å²) in [5.74, 6) is -0.641. The van der Waals surface area contributed by atoms with Crippen molar-refractivity contribution >= 4 is 40.7 Å². The molecule has 0 fully saturated rings. The van der Waals surface area contributed by atoms with Gasteiger partial charge in [0.15, 0.2) is 0 Å². The molecule has 8 heteroatoms. The van der Waals surface area contributed by atoms with E-state index in [2.05, 4.69) is 11.6 Å². The molecule has 0 bridgehead atoms. The summed E-state index contributed by atoms with van der Waals surface area (Å²) in [5.41, 5.74) is 7.14. The number of nitrogens with zero attached hydrogens (tertiary/aromatic N) is 2. The van der Waals surface area contributed by atoms with Gasteiger partial charge < -0.3 is 15.4 Å². The number of anilines is 1. The van der Waals surface area contributed by atoms with E-state index in [0.717, 1.165) is 11.8 Å². The molecule has 0 spiro atoms. The molecule has 0 aliphatic carbocycles. The number of fused-ring (bicyclic) bond motifs is 1. The highest BCUT2D eigenvalue weighted by molar-refractivity contribution is 6.34. The van der Waals surface area contributed by atoms with Crippen molar-refractivity contribution in [2.45, 2.75) is 12.8 Å². The third-order valence-corrected chi connectivity index (χ3v) is 4.89. The van der Waals surface area contributed by atoms with Gasteiger partial charge in [-0.3, -0.25) is 4.79 Å². The molecule has 0 unspecified atom stereocenters. The van der Waals surface area contributed by atoms with Crippen LogP contribution in [0.15, 0.2) is 65.9 Å². The fourth-order valence-corrected chi connectivity index (χ4v) is 3.37. The molecule has 1 amide bonds. The number of rotatable bonds is 4. The molecular formula is C21H18Cl2FN3O2. The second kappa shape index (κ2) is 9.11. The Bertz CT molecular complexity index is 1020. The van der Waals surface area contributed by atoms with Crippen LogP contribution in [0.25, 0.3) is 0 Å². The Morgan fingerprint density at radius 2 is 2.07 bits per heavy atom. The molecule has 0 atom stereocenters. The highest BCUT2D eigenvalue weighted by Crippen LogP contribution is 2.31. The average molecular weight is 434 g/mol. The number of ether oxygens (including phenoxy) is 1. The van der Waals surface area contributed by atoms with Crippen molar-refractivity contribution < 1.29 is 13.9 Å². The number of hydrogen-bond donors (Lipinski definition) is 1. The summed E-state index contributed by atoms with van der Waals surface area (Å²) in [4.78, 5) is 18.8. The van der Waals surface area contributed by atoms with Gasteiger partial charge in [-0.2, -0.15) is 0 Å². The minimum Gasteiger partial charge on any atom is -0.436 e. The summed E-state index contributed by atoms with van der Waals surface area (Å²) < 4.78 is 19.3. The van der Waals surface area contributed by atoms with Crippen LogP contribution in [0.5, 0.6) is 5.75 Å². The van der Waals surface area contributed by atoms with E-state index < -0.39 is 5.91 Å². The second-order valence-electron chi connectivity index (χ2n) is 6.21. The molecule has 29 heavy (non-hydrogen) atoms. The molecule has 1 heterocycles. The first-order valence-corrected chi connectivity index (χ1v) is 9.54. The Hall–Kier alpha value is -2.83. The van der Waals surface area contributed by atoms with Crippen LogP contribution in [0.1, 0.15) is 12.0 Å². The fourth-order valence-electron chi connectivity index (χ4n) is 3.05. The lowest BCUT2D eigenvalue weighted by Gasteiger charge is -2.30. The van der Waals surface area contributed by atoms with E-state index in [1.165, 1.54) is 29.3 Å². The topological polar surface area (TPSA) is 67.9 Å². The fraction of sp³-hybridized carbons (Fsp3) is 0.143. The minimum absolute atomic E-state index is 0.0121. The number of halogens is 3. The van der Waals surface area contributed by atoms with Crippen LogP contribution in [0.3, 0.4) is 0 Å². The van der Waals surface area contributed by atoms with Crippen LogP contribution in [0.2, 0.25) is 10.0 Å². The van der Waals surface area contributed by atoms with Crippen LogP contribution in [0.4, 0.5) is 10.1 Å². The van der Waals surface area contributed by atoms with E-state index in [9.17, 15) is 9.18 Å². The lowest BCUT2D eigenvalue weighted by Crippen LogP contribution is -2.39. The van der Waals surface area contributed by atoms with Crippen molar-refractivity contribution in [3.05, 3.63) is 82.4 Å². The molecule has 150 valence electrons. The van der Waals surface area contributed by atoms with E-state index in [1.54, 1.807) is 18.2 Å². The van der Waals surface area contributed by atoms with Crippen molar-refractivity contribution in [1.29, 1.82) is 0 Å². The van der Waals surface area contributed by atoms with E-state index in [1.807, 2.05) is 0 Å². The van der Waals surface area contributed by atoms with Gasteiger partial charge in [0, 0.05) is 35.7 Å². The van der Waals surface area contributed by atoms with Gasteiger partial charge in [-0.05, 0) is 48.7 Å². The first-order chi connectivity index (χ1) is 13.9. The van der Waals surface area contributed by atoms with E-state index in [-0.39, 0.29) is 28.1 Å². The van der Waals surface area contributed by atoms with Crippen LogP contribution >= 0.6 is 23.2 Å². The molecule has 1 aliphatic heterocycles. The van der Waals surface area contributed by atoms with Gasteiger partial charge in [0.25, 0.3) is 5.91 Å². The number of hydrogen-bond acceptors (Lipinski definition) is 4. The standard InChI is InChI=1S/C21H18Cl2FN3O2/c1-2-26-20(29-19-11-14(22)5-7-17(19)23)16(12-25)21(28)27-9-3-4-13-10-15(24)6-8-18(13)27/h2,5-8,10-12H,1,3-4,9,25H2/b16-12+,26-20+. The lowest BCUT2D eigenvalue weighted by molar-refractivity contribution is -0.114. The maximum absolute atomic E-state index is 13.6. The van der Waals surface area contributed by atoms with Crippen LogP contribution in [-0.2, 0) is 11.2 Å². The molecule has 2 aromatic carbocycles. The van der Waals surface area contributed by atoms with Crippen molar-refractivity contribution in [2.75, 3.05) is 11.4 Å². The first-order valence-electron chi connectivity index (χ1n) is 8.78. The first kappa shape index (κ1) is 20.9. The molecule has 3 rings (SSSR count). The Balaban J connectivity index is 1.95. The molecule has 2 aromatic rings. The van der Waals surface area contributed by atoms with Crippen molar-refractivity contribution in [2.24, 2.45) is 10.7 Å². The quantitative estimate of drug-likeness (QED) is 0.424. The summed E-state index contributed by atoms with van der Waals surface area (Å²) in [6, 6.07) is 9.00. The van der Waals surface area contributed by atoms with Gasteiger partial charge in [0.1, 0.15) is 17.1 Å². The summed E-state index contributed by atoms with van der Waals surface area (Å²) in [6.07, 6.45) is 3.71. The zero-order chi connectivity index (χ0) is 21.0. The number of carbonyl (C=O) groups is 1. The molecule has 5 nitrogen and oxygen atoms in total. The predicted octanol–water partition coefficient (Wildman–Crippen LogP) is 4.88. The van der Waals surface area contributed by atoms with Crippen molar-refractivity contribution in [3.8, 4) is 5.75 Å². The molecule has 0 saturated heterocycles. The molecule has 0 aromatic heterocycles. The van der Waals surface area contributed by atoms with Crippen molar-refractivity contribution in [1.82, 2.24) is 0 Å². The van der Waals surface area contributed by atoms with Gasteiger partial charge in [-0.25, -0.2) is 9.38 Å². The van der Waals surface area contributed by atoms with Gasteiger partial charge in [-0.1, -0.05) is 29.8 Å². The SMILES string of the molecule is C=C/N=C(Oc1cc(Cl)ccc1Cl)\C(=C/N)C(=O)N1CCCc2cc(F)ccc21. The summed E-state index contributed by atoms with van der Waals surface area (Å²) in [5, 5.41) is 0.688. The third-order valence-electron chi connectivity index (χ3n) is 4.34. The lowest BCUT2D eigenvalue weighted by atomic mass is 10.0. The van der Waals surface area contributed by atoms with E-state index in [0.29, 0.717) is 30.1 Å². The Morgan fingerprint density at radius 1 is 1.28 bits per heavy atom. The number of aryl methyl sites for hydroxylation is 1. The summed E-state index contributed by atoms with van der Waals surface area (Å²) in [7, 11) is 0. The van der Waals surface area contributed by atoms with Crippen molar-refractivity contribution in [3.63, 3.8) is 0 Å². The largest absolute Gasteiger partial charge is 0.436 e.